The van der Waals surface area contributed by atoms with Gasteiger partial charge >= 0.3 is 0 Å². The van der Waals surface area contributed by atoms with Crippen LogP contribution >= 0.6 is 28.1 Å². The number of nitrogens with two attached hydrogens (primary N) is 1. The van der Waals surface area contributed by atoms with Crippen molar-refractivity contribution in [1.29, 1.82) is 0 Å². The highest BCUT2D eigenvalue weighted by Crippen LogP contribution is 2.19. The van der Waals surface area contributed by atoms with Gasteiger partial charge in [-0.15, -0.1) is 0 Å². The quantitative estimate of drug-likeness (QED) is 0.817. The van der Waals surface area contributed by atoms with Crippen molar-refractivity contribution in [1.82, 2.24) is 0 Å². The number of nitrogens with one attached hydrogen (secondary N) is 1. The van der Waals surface area contributed by atoms with Gasteiger partial charge in [0.25, 0.3) is 0 Å². The fourth-order valence-electron chi connectivity index (χ4n) is 1.99. The second-order valence-electron chi connectivity index (χ2n) is 4.80. The van der Waals surface area contributed by atoms with E-state index in [2.05, 4.69) is 21.2 Å². The van der Waals surface area contributed by atoms with Crippen LogP contribution in [0.3, 0.4) is 0 Å². The minimum atomic E-state index is -0.0597. The maximum atomic E-state index is 12.0. The number of hydrogen-bond donors (Lipinski definition) is 2. The molecule has 0 saturated heterocycles. The molecule has 3 N–H and O–H groups in total. The summed E-state index contributed by atoms with van der Waals surface area (Å²) < 4.78 is 0.943. The van der Waals surface area contributed by atoms with Gasteiger partial charge in [-0.1, -0.05) is 52.4 Å². The third-order valence-corrected chi connectivity index (χ3v) is 3.62. The first kappa shape index (κ1) is 15.7. The van der Waals surface area contributed by atoms with E-state index in [0.29, 0.717) is 11.4 Å². The Labute approximate surface area is 137 Å². The molecule has 2 aromatic rings. The summed E-state index contributed by atoms with van der Waals surface area (Å²) in [6, 6.07) is 13.2. The molecule has 0 saturated carbocycles. The highest BCUT2D eigenvalue weighted by molar-refractivity contribution is 9.10. The number of anilines is 1. The number of thiocarbonyl (C=S) groups is 1. The molecule has 3 nitrogen and oxygen atoms in total. The van der Waals surface area contributed by atoms with Crippen molar-refractivity contribution in [3.63, 3.8) is 0 Å². The van der Waals surface area contributed by atoms with Gasteiger partial charge in [-0.25, -0.2) is 0 Å². The molecule has 0 unspecified atom stereocenters. The van der Waals surface area contributed by atoms with Crippen molar-refractivity contribution in [2.45, 2.75) is 13.3 Å². The Bertz CT molecular complexity index is 663. The minimum Gasteiger partial charge on any atom is -0.389 e. The SMILES string of the molecule is Cc1cc(Br)cc(NC(=O)Cc2ccc(C(N)=S)cc2)c1. The molecule has 0 heterocycles. The highest BCUT2D eigenvalue weighted by Gasteiger charge is 2.06. The van der Waals surface area contributed by atoms with Gasteiger partial charge in [-0.3, -0.25) is 4.79 Å². The number of aryl methyl sites for hydroxylation is 1. The van der Waals surface area contributed by atoms with Gasteiger partial charge in [-0.2, -0.15) is 0 Å². The van der Waals surface area contributed by atoms with Crippen LogP contribution in [0.5, 0.6) is 0 Å². The Balaban J connectivity index is 2.02. The van der Waals surface area contributed by atoms with Gasteiger partial charge in [0.05, 0.1) is 6.42 Å². The van der Waals surface area contributed by atoms with Crippen molar-refractivity contribution in [3.8, 4) is 0 Å². The molecule has 108 valence electrons. The number of halogens is 1. The molecular formula is C16H15BrN2OS. The van der Waals surface area contributed by atoms with Gasteiger partial charge in [0.15, 0.2) is 0 Å². The molecule has 0 fully saturated rings. The van der Waals surface area contributed by atoms with E-state index in [-0.39, 0.29) is 5.91 Å². The minimum absolute atomic E-state index is 0.0597. The summed E-state index contributed by atoms with van der Waals surface area (Å²) in [5, 5.41) is 2.89. The van der Waals surface area contributed by atoms with E-state index >= 15 is 0 Å². The average Bonchev–Trinajstić information content (AvgIpc) is 2.37. The van der Waals surface area contributed by atoms with Crippen molar-refractivity contribution >= 4 is 44.7 Å². The average molecular weight is 363 g/mol. The van der Waals surface area contributed by atoms with Crippen molar-refractivity contribution in [2.75, 3.05) is 5.32 Å². The molecule has 0 aromatic heterocycles. The Morgan fingerprint density at radius 1 is 1.24 bits per heavy atom. The Kier molecular flexibility index (Phi) is 5.09. The summed E-state index contributed by atoms with van der Waals surface area (Å²) in [7, 11) is 0. The predicted molar refractivity (Wildman–Crippen MR) is 93.5 cm³/mol. The molecule has 1 amide bonds. The van der Waals surface area contributed by atoms with E-state index in [9.17, 15) is 4.79 Å². The number of benzene rings is 2. The molecular weight excluding hydrogens is 348 g/mol. The van der Waals surface area contributed by atoms with Crippen LogP contribution in [-0.2, 0) is 11.2 Å². The molecule has 21 heavy (non-hydrogen) atoms. The summed E-state index contributed by atoms with van der Waals surface area (Å²) in [5.74, 6) is -0.0597. The van der Waals surface area contributed by atoms with E-state index in [0.717, 1.165) is 26.9 Å². The first-order chi connectivity index (χ1) is 9.94. The van der Waals surface area contributed by atoms with Crippen LogP contribution in [0.1, 0.15) is 16.7 Å². The number of carbonyl (C=O) groups is 1. The van der Waals surface area contributed by atoms with Gasteiger partial charge in [0.2, 0.25) is 5.91 Å². The summed E-state index contributed by atoms with van der Waals surface area (Å²) in [6.07, 6.45) is 0.309. The van der Waals surface area contributed by atoms with Crippen LogP contribution < -0.4 is 11.1 Å². The third-order valence-electron chi connectivity index (χ3n) is 2.93. The lowest BCUT2D eigenvalue weighted by molar-refractivity contribution is -0.115. The summed E-state index contributed by atoms with van der Waals surface area (Å²) in [4.78, 5) is 12.4. The monoisotopic (exact) mass is 362 g/mol. The van der Waals surface area contributed by atoms with E-state index in [4.69, 9.17) is 18.0 Å². The first-order valence-electron chi connectivity index (χ1n) is 6.40. The van der Waals surface area contributed by atoms with Gasteiger partial charge in [-0.05, 0) is 36.2 Å². The van der Waals surface area contributed by atoms with E-state index in [1.54, 1.807) is 0 Å². The molecule has 2 rings (SSSR count). The van der Waals surface area contributed by atoms with Crippen molar-refractivity contribution < 1.29 is 4.79 Å². The topological polar surface area (TPSA) is 55.1 Å². The van der Waals surface area contributed by atoms with Crippen LogP contribution in [-0.4, -0.2) is 10.9 Å². The zero-order valence-corrected chi connectivity index (χ0v) is 13.9. The van der Waals surface area contributed by atoms with Crippen LogP contribution in [0.15, 0.2) is 46.9 Å². The van der Waals surface area contributed by atoms with Gasteiger partial charge < -0.3 is 11.1 Å². The summed E-state index contributed by atoms with van der Waals surface area (Å²) in [6.45, 7) is 1.98. The lowest BCUT2D eigenvalue weighted by Gasteiger charge is -2.07. The molecule has 2 aromatic carbocycles. The smallest absolute Gasteiger partial charge is 0.228 e. The Hall–Kier alpha value is -1.72. The number of hydrogen-bond acceptors (Lipinski definition) is 2. The highest BCUT2D eigenvalue weighted by atomic mass is 79.9. The predicted octanol–water partition coefficient (Wildman–Crippen LogP) is 3.57. The van der Waals surface area contributed by atoms with Gasteiger partial charge in [0.1, 0.15) is 4.99 Å². The Morgan fingerprint density at radius 3 is 2.48 bits per heavy atom. The normalized spacial score (nSPS) is 10.2. The van der Waals surface area contributed by atoms with E-state index in [1.165, 1.54) is 0 Å². The zero-order valence-electron chi connectivity index (χ0n) is 11.5. The standard InChI is InChI=1S/C16H15BrN2OS/c1-10-6-13(17)9-14(7-10)19-15(20)8-11-2-4-12(5-3-11)16(18)21/h2-7,9H,8H2,1H3,(H2,18,21)(H,19,20). The number of rotatable bonds is 4. The maximum absolute atomic E-state index is 12.0. The fourth-order valence-corrected chi connectivity index (χ4v) is 2.73. The van der Waals surface area contributed by atoms with E-state index < -0.39 is 0 Å². The Morgan fingerprint density at radius 2 is 1.90 bits per heavy atom. The zero-order chi connectivity index (χ0) is 15.4. The molecule has 0 spiro atoms. The summed E-state index contributed by atoms with van der Waals surface area (Å²) >= 11 is 8.31. The van der Waals surface area contributed by atoms with Crippen molar-refractivity contribution in [3.05, 3.63) is 63.6 Å². The fraction of sp³-hybridized carbons (Fsp3) is 0.125. The van der Waals surface area contributed by atoms with Gasteiger partial charge in [0, 0.05) is 15.7 Å². The second-order valence-corrected chi connectivity index (χ2v) is 6.16. The van der Waals surface area contributed by atoms with Crippen molar-refractivity contribution in [2.24, 2.45) is 5.73 Å². The number of amides is 1. The summed E-state index contributed by atoms with van der Waals surface area (Å²) in [5.41, 5.74) is 9.13. The second kappa shape index (κ2) is 6.83. The maximum Gasteiger partial charge on any atom is 0.228 e. The lowest BCUT2D eigenvalue weighted by Crippen LogP contribution is -2.15. The lowest BCUT2D eigenvalue weighted by atomic mass is 10.1. The first-order valence-corrected chi connectivity index (χ1v) is 7.60. The molecule has 0 radical (unpaired) electrons. The number of carbonyl (C=O) groups excluding carboxylic acids is 1. The molecule has 0 bridgehead atoms. The van der Waals surface area contributed by atoms with E-state index in [1.807, 2.05) is 49.4 Å². The molecule has 0 aliphatic rings. The largest absolute Gasteiger partial charge is 0.389 e. The van der Waals surface area contributed by atoms with Crippen LogP contribution in [0.25, 0.3) is 0 Å². The van der Waals surface area contributed by atoms with Crippen LogP contribution in [0.4, 0.5) is 5.69 Å². The third kappa shape index (κ3) is 4.65. The van der Waals surface area contributed by atoms with Crippen LogP contribution in [0, 0.1) is 6.92 Å². The molecule has 0 atom stereocenters. The molecule has 0 aliphatic carbocycles. The van der Waals surface area contributed by atoms with Crippen LogP contribution in [0.2, 0.25) is 0 Å². The molecule has 5 heteroatoms. The molecule has 0 aliphatic heterocycles.